The molecule has 0 saturated carbocycles. The van der Waals surface area contributed by atoms with Crippen molar-refractivity contribution in [2.24, 2.45) is 5.10 Å². The number of nitrogens with zero attached hydrogens (tertiary/aromatic N) is 2. The van der Waals surface area contributed by atoms with E-state index in [4.69, 9.17) is 4.74 Å². The highest BCUT2D eigenvalue weighted by molar-refractivity contribution is 9.10. The molecule has 0 radical (unpaired) electrons. The van der Waals surface area contributed by atoms with E-state index in [2.05, 4.69) is 31.2 Å². The Labute approximate surface area is 211 Å². The standard InChI is InChI=1S/C24H22BrN3O6S/c1-33-24(30)17-34-21-10-5-7-18(13-21)15-26-27-23(29)16-28(20-9-6-8-19(25)14-20)35(31,32)22-11-3-2-4-12-22/h2-15H,16-17H2,1H3,(H,27,29)/b26-15-. The molecule has 0 spiro atoms. The van der Waals surface area contributed by atoms with Crippen LogP contribution in [0.15, 0.2) is 93.3 Å². The highest BCUT2D eigenvalue weighted by Crippen LogP contribution is 2.26. The number of carbonyl (C=O) groups is 2. The Hall–Kier alpha value is -3.70. The summed E-state index contributed by atoms with van der Waals surface area (Å²) in [4.78, 5) is 23.9. The van der Waals surface area contributed by atoms with E-state index in [1.54, 1.807) is 66.7 Å². The Morgan fingerprint density at radius 1 is 1.03 bits per heavy atom. The average Bonchev–Trinajstić information content (AvgIpc) is 2.86. The molecule has 0 aliphatic carbocycles. The Balaban J connectivity index is 1.73. The van der Waals surface area contributed by atoms with Crippen LogP contribution in [0, 0.1) is 0 Å². The molecule has 1 amide bonds. The molecule has 0 aliphatic heterocycles. The maximum absolute atomic E-state index is 13.3. The Morgan fingerprint density at radius 2 is 1.77 bits per heavy atom. The van der Waals surface area contributed by atoms with Crippen LogP contribution in [0.5, 0.6) is 5.75 Å². The third-order valence-electron chi connectivity index (χ3n) is 4.56. The molecule has 0 aromatic heterocycles. The fourth-order valence-corrected chi connectivity index (χ4v) is 4.72. The lowest BCUT2D eigenvalue weighted by Crippen LogP contribution is -2.39. The second kappa shape index (κ2) is 12.1. The molecular weight excluding hydrogens is 538 g/mol. The first-order valence-corrected chi connectivity index (χ1v) is 12.5. The van der Waals surface area contributed by atoms with Crippen molar-refractivity contribution in [3.63, 3.8) is 0 Å². The zero-order valence-corrected chi connectivity index (χ0v) is 21.0. The van der Waals surface area contributed by atoms with Gasteiger partial charge in [0.05, 0.1) is 23.9 Å². The van der Waals surface area contributed by atoms with Gasteiger partial charge >= 0.3 is 5.97 Å². The van der Waals surface area contributed by atoms with Gasteiger partial charge in [-0.05, 0) is 48.0 Å². The number of benzene rings is 3. The van der Waals surface area contributed by atoms with Crippen LogP contribution >= 0.6 is 15.9 Å². The molecule has 35 heavy (non-hydrogen) atoms. The molecular formula is C24H22BrN3O6S. The van der Waals surface area contributed by atoms with E-state index in [9.17, 15) is 18.0 Å². The number of rotatable bonds is 10. The van der Waals surface area contributed by atoms with Gasteiger partial charge < -0.3 is 9.47 Å². The summed E-state index contributed by atoms with van der Waals surface area (Å²) < 4.78 is 38.1. The number of anilines is 1. The number of hydrazone groups is 1. The van der Waals surface area contributed by atoms with E-state index in [-0.39, 0.29) is 11.5 Å². The van der Waals surface area contributed by atoms with Crippen LogP contribution in [0.3, 0.4) is 0 Å². The molecule has 0 fully saturated rings. The van der Waals surface area contributed by atoms with Crippen LogP contribution in [-0.2, 0) is 24.3 Å². The minimum Gasteiger partial charge on any atom is -0.482 e. The molecule has 11 heteroatoms. The maximum atomic E-state index is 13.3. The van der Waals surface area contributed by atoms with Crippen molar-refractivity contribution in [3.05, 3.63) is 88.9 Å². The van der Waals surface area contributed by atoms with E-state index in [1.165, 1.54) is 25.5 Å². The molecule has 3 rings (SSSR count). The fraction of sp³-hybridized carbons (Fsp3) is 0.125. The Morgan fingerprint density at radius 3 is 2.49 bits per heavy atom. The van der Waals surface area contributed by atoms with Crippen LogP contribution in [0.2, 0.25) is 0 Å². The highest BCUT2D eigenvalue weighted by Gasteiger charge is 2.27. The van der Waals surface area contributed by atoms with E-state index in [0.717, 1.165) is 4.31 Å². The molecule has 1 N–H and O–H groups in total. The van der Waals surface area contributed by atoms with Crippen molar-refractivity contribution in [1.29, 1.82) is 0 Å². The molecule has 0 saturated heterocycles. The molecule has 0 aliphatic rings. The first-order valence-electron chi connectivity index (χ1n) is 10.2. The third-order valence-corrected chi connectivity index (χ3v) is 6.84. The predicted octanol–water partition coefficient (Wildman–Crippen LogP) is 3.35. The van der Waals surface area contributed by atoms with Gasteiger partial charge in [0.15, 0.2) is 6.61 Å². The number of esters is 1. The average molecular weight is 560 g/mol. The second-order valence-electron chi connectivity index (χ2n) is 7.04. The summed E-state index contributed by atoms with van der Waals surface area (Å²) in [6.45, 7) is -0.734. The minimum absolute atomic E-state index is 0.0556. The van der Waals surface area contributed by atoms with E-state index in [1.807, 2.05) is 0 Å². The number of nitrogens with one attached hydrogen (secondary N) is 1. The van der Waals surface area contributed by atoms with Crippen LogP contribution < -0.4 is 14.5 Å². The summed E-state index contributed by atoms with van der Waals surface area (Å²) >= 11 is 3.33. The number of halogens is 1. The highest BCUT2D eigenvalue weighted by atomic mass is 79.9. The van der Waals surface area contributed by atoms with Gasteiger partial charge in [-0.25, -0.2) is 18.6 Å². The summed E-state index contributed by atoms with van der Waals surface area (Å²) in [6, 6.07) is 21.2. The van der Waals surface area contributed by atoms with E-state index in [0.29, 0.717) is 21.5 Å². The minimum atomic E-state index is -4.02. The Kier molecular flexibility index (Phi) is 8.98. The smallest absolute Gasteiger partial charge is 0.343 e. The van der Waals surface area contributed by atoms with Gasteiger partial charge in [-0.3, -0.25) is 9.10 Å². The molecule has 0 heterocycles. The van der Waals surface area contributed by atoms with Gasteiger partial charge in [0.25, 0.3) is 15.9 Å². The number of amides is 1. The van der Waals surface area contributed by atoms with Crippen LogP contribution in [0.1, 0.15) is 5.56 Å². The molecule has 0 unspecified atom stereocenters. The van der Waals surface area contributed by atoms with E-state index >= 15 is 0 Å². The summed E-state index contributed by atoms with van der Waals surface area (Å²) in [5.41, 5.74) is 3.25. The second-order valence-corrected chi connectivity index (χ2v) is 9.81. The lowest BCUT2D eigenvalue weighted by Gasteiger charge is -2.23. The fourth-order valence-electron chi connectivity index (χ4n) is 2.90. The number of hydrogen-bond acceptors (Lipinski definition) is 7. The van der Waals surface area contributed by atoms with Gasteiger partial charge in [0.1, 0.15) is 12.3 Å². The Bertz CT molecular complexity index is 1320. The SMILES string of the molecule is COC(=O)COc1cccc(/C=N\NC(=O)CN(c2cccc(Br)c2)S(=O)(=O)c2ccccc2)c1. The van der Waals surface area contributed by atoms with Crippen LogP contribution in [0.4, 0.5) is 5.69 Å². The van der Waals surface area contributed by atoms with Gasteiger partial charge in [0.2, 0.25) is 0 Å². The molecule has 0 atom stereocenters. The zero-order chi connectivity index (χ0) is 25.3. The van der Waals surface area contributed by atoms with Crippen LogP contribution in [0.25, 0.3) is 0 Å². The van der Waals surface area contributed by atoms with Gasteiger partial charge in [-0.15, -0.1) is 0 Å². The van der Waals surface area contributed by atoms with E-state index < -0.39 is 28.4 Å². The van der Waals surface area contributed by atoms with Crippen LogP contribution in [-0.4, -0.2) is 46.8 Å². The molecule has 182 valence electrons. The number of sulfonamides is 1. The van der Waals surface area contributed by atoms with Gasteiger partial charge in [-0.2, -0.15) is 5.10 Å². The van der Waals surface area contributed by atoms with Crippen molar-refractivity contribution in [2.45, 2.75) is 4.90 Å². The number of hydrogen-bond donors (Lipinski definition) is 1. The normalized spacial score (nSPS) is 11.1. The largest absolute Gasteiger partial charge is 0.482 e. The molecule has 0 bridgehead atoms. The summed E-state index contributed by atoms with van der Waals surface area (Å²) in [7, 11) is -2.75. The van der Waals surface area contributed by atoms with Crippen molar-refractivity contribution in [1.82, 2.24) is 5.43 Å². The van der Waals surface area contributed by atoms with Gasteiger partial charge in [-0.1, -0.05) is 52.3 Å². The number of methoxy groups -OCH3 is 1. The number of ether oxygens (including phenoxy) is 2. The third kappa shape index (κ3) is 7.39. The lowest BCUT2D eigenvalue weighted by molar-refractivity contribution is -0.142. The topological polar surface area (TPSA) is 114 Å². The summed E-state index contributed by atoms with van der Waals surface area (Å²) in [5.74, 6) is -0.740. The zero-order valence-electron chi connectivity index (χ0n) is 18.6. The first-order chi connectivity index (χ1) is 16.8. The summed E-state index contributed by atoms with van der Waals surface area (Å²) in [5, 5.41) is 3.91. The van der Waals surface area contributed by atoms with Crippen molar-refractivity contribution >= 4 is 49.7 Å². The quantitative estimate of drug-likeness (QED) is 0.231. The first kappa shape index (κ1) is 25.9. The maximum Gasteiger partial charge on any atom is 0.343 e. The van der Waals surface area contributed by atoms with Crippen molar-refractivity contribution < 1.29 is 27.5 Å². The van der Waals surface area contributed by atoms with Crippen molar-refractivity contribution in [3.8, 4) is 5.75 Å². The monoisotopic (exact) mass is 559 g/mol. The van der Waals surface area contributed by atoms with Gasteiger partial charge in [0, 0.05) is 4.47 Å². The molecule has 9 nitrogen and oxygen atoms in total. The number of carbonyl (C=O) groups excluding carboxylic acids is 2. The lowest BCUT2D eigenvalue weighted by atomic mass is 10.2. The molecule has 3 aromatic rings. The summed E-state index contributed by atoms with van der Waals surface area (Å²) in [6.07, 6.45) is 1.37. The predicted molar refractivity (Wildman–Crippen MR) is 135 cm³/mol. The molecule has 3 aromatic carbocycles. The van der Waals surface area contributed by atoms with Crippen molar-refractivity contribution in [2.75, 3.05) is 24.6 Å².